The van der Waals surface area contributed by atoms with Crippen LogP contribution < -0.4 is 0 Å². The Balaban J connectivity index is 2.29. The Hall–Kier alpha value is -1.72. The number of imidazole rings is 1. The lowest BCUT2D eigenvalue weighted by atomic mass is 10.1. The van der Waals surface area contributed by atoms with E-state index < -0.39 is 0 Å². The summed E-state index contributed by atoms with van der Waals surface area (Å²) < 4.78 is 16.2. The molecule has 5 heteroatoms. The second-order valence-corrected chi connectivity index (χ2v) is 5.09. The first-order chi connectivity index (χ1) is 9.19. The van der Waals surface area contributed by atoms with Crippen molar-refractivity contribution in [1.82, 2.24) is 9.38 Å². The van der Waals surface area contributed by atoms with E-state index in [0.29, 0.717) is 11.1 Å². The van der Waals surface area contributed by atoms with E-state index in [4.69, 9.17) is 0 Å². The van der Waals surface area contributed by atoms with Crippen molar-refractivity contribution in [3.8, 4) is 11.3 Å². The van der Waals surface area contributed by atoms with Crippen LogP contribution in [0.1, 0.15) is 5.56 Å². The van der Waals surface area contributed by atoms with Gasteiger partial charge in [0.05, 0.1) is 18.5 Å². The van der Waals surface area contributed by atoms with Crippen molar-refractivity contribution in [3.63, 3.8) is 0 Å². The molecule has 96 valence electrons. The lowest BCUT2D eigenvalue weighted by Crippen LogP contribution is -1.94. The molecule has 0 aliphatic rings. The average Bonchev–Trinajstić information content (AvgIpc) is 2.81. The van der Waals surface area contributed by atoms with Gasteiger partial charge in [-0.25, -0.2) is 9.37 Å². The molecule has 0 saturated heterocycles. The highest BCUT2D eigenvalue weighted by Gasteiger charge is 2.11. The highest BCUT2D eigenvalue weighted by molar-refractivity contribution is 9.10. The molecule has 0 radical (unpaired) electrons. The van der Waals surface area contributed by atoms with Gasteiger partial charge in [-0.3, -0.25) is 4.40 Å². The Bertz CT molecular complexity index is 754. The van der Waals surface area contributed by atoms with Crippen LogP contribution in [0.25, 0.3) is 16.9 Å². The van der Waals surface area contributed by atoms with Crippen LogP contribution in [-0.4, -0.2) is 14.5 Å². The van der Waals surface area contributed by atoms with Crippen LogP contribution in [0.4, 0.5) is 4.39 Å². The van der Waals surface area contributed by atoms with Crippen molar-refractivity contribution in [2.24, 2.45) is 0 Å². The van der Waals surface area contributed by atoms with E-state index in [1.807, 2.05) is 22.7 Å². The normalized spacial score (nSPS) is 11.1. The monoisotopic (exact) mass is 320 g/mol. The molecule has 0 bridgehead atoms. The molecule has 0 unspecified atom stereocenters. The summed E-state index contributed by atoms with van der Waals surface area (Å²) in [5, 5.41) is 9.37. The quantitative estimate of drug-likeness (QED) is 0.785. The molecule has 3 rings (SSSR count). The first-order valence-electron chi connectivity index (χ1n) is 5.71. The van der Waals surface area contributed by atoms with E-state index in [2.05, 4.69) is 20.9 Å². The number of aliphatic hydroxyl groups excluding tert-OH is 1. The molecule has 19 heavy (non-hydrogen) atoms. The van der Waals surface area contributed by atoms with Gasteiger partial charge in [-0.15, -0.1) is 0 Å². The number of aromatic nitrogens is 2. The number of fused-ring (bicyclic) bond motifs is 1. The predicted molar refractivity (Wildman–Crippen MR) is 74.2 cm³/mol. The highest BCUT2D eigenvalue weighted by atomic mass is 79.9. The Kier molecular flexibility index (Phi) is 3.08. The van der Waals surface area contributed by atoms with Gasteiger partial charge < -0.3 is 5.11 Å². The number of rotatable bonds is 2. The van der Waals surface area contributed by atoms with E-state index in [1.54, 1.807) is 12.3 Å². The zero-order valence-electron chi connectivity index (χ0n) is 9.85. The first kappa shape index (κ1) is 12.3. The van der Waals surface area contributed by atoms with Gasteiger partial charge in [-0.05, 0) is 45.8 Å². The van der Waals surface area contributed by atoms with E-state index in [-0.39, 0.29) is 12.4 Å². The standard InChI is InChI=1S/C14H10BrFN2O/c15-10-2-4-14-17-6-13(18(14)7-10)12-5-11(16)3-1-9(12)8-19/h1-7,19H,8H2. The fraction of sp³-hybridized carbons (Fsp3) is 0.0714. The van der Waals surface area contributed by atoms with Crippen LogP contribution in [0.3, 0.4) is 0 Å². The van der Waals surface area contributed by atoms with E-state index in [1.165, 1.54) is 12.1 Å². The van der Waals surface area contributed by atoms with Crippen molar-refractivity contribution in [2.45, 2.75) is 6.61 Å². The molecule has 0 atom stereocenters. The third kappa shape index (κ3) is 2.15. The van der Waals surface area contributed by atoms with Gasteiger partial charge >= 0.3 is 0 Å². The summed E-state index contributed by atoms with van der Waals surface area (Å²) in [6.07, 6.45) is 3.54. The van der Waals surface area contributed by atoms with Gasteiger partial charge in [-0.1, -0.05) is 6.07 Å². The Morgan fingerprint density at radius 2 is 2.11 bits per heavy atom. The number of benzene rings is 1. The van der Waals surface area contributed by atoms with Crippen molar-refractivity contribution >= 4 is 21.6 Å². The Morgan fingerprint density at radius 3 is 2.89 bits per heavy atom. The molecule has 0 aliphatic heterocycles. The van der Waals surface area contributed by atoms with Crippen LogP contribution in [-0.2, 0) is 6.61 Å². The molecule has 2 aromatic heterocycles. The topological polar surface area (TPSA) is 37.5 Å². The van der Waals surface area contributed by atoms with Crippen LogP contribution in [0, 0.1) is 5.82 Å². The molecule has 0 spiro atoms. The average molecular weight is 321 g/mol. The SMILES string of the molecule is OCc1ccc(F)cc1-c1cnc2ccc(Br)cn12. The minimum Gasteiger partial charge on any atom is -0.392 e. The summed E-state index contributed by atoms with van der Waals surface area (Å²) in [6.45, 7) is -0.142. The van der Waals surface area contributed by atoms with E-state index >= 15 is 0 Å². The lowest BCUT2D eigenvalue weighted by molar-refractivity contribution is 0.282. The summed E-state index contributed by atoms with van der Waals surface area (Å²) in [5.41, 5.74) is 2.84. The summed E-state index contributed by atoms with van der Waals surface area (Å²) in [6, 6.07) is 8.10. The number of nitrogens with zero attached hydrogens (tertiary/aromatic N) is 2. The smallest absolute Gasteiger partial charge is 0.137 e. The second-order valence-electron chi connectivity index (χ2n) is 4.18. The molecule has 0 aliphatic carbocycles. The van der Waals surface area contributed by atoms with E-state index in [0.717, 1.165) is 15.8 Å². The molecular formula is C14H10BrFN2O. The minimum atomic E-state index is -0.336. The van der Waals surface area contributed by atoms with Crippen LogP contribution >= 0.6 is 15.9 Å². The maximum Gasteiger partial charge on any atom is 0.137 e. The molecule has 3 aromatic rings. The molecule has 0 amide bonds. The minimum absolute atomic E-state index is 0.142. The third-order valence-corrected chi connectivity index (χ3v) is 3.46. The van der Waals surface area contributed by atoms with Gasteiger partial charge in [0, 0.05) is 16.2 Å². The number of hydrogen-bond acceptors (Lipinski definition) is 2. The second kappa shape index (κ2) is 4.75. The summed E-state index contributed by atoms with van der Waals surface area (Å²) in [4.78, 5) is 4.28. The van der Waals surface area contributed by atoms with Crippen LogP contribution in [0.5, 0.6) is 0 Å². The summed E-state index contributed by atoms with van der Waals surface area (Å²) in [7, 11) is 0. The fourth-order valence-electron chi connectivity index (χ4n) is 2.08. The van der Waals surface area contributed by atoms with Crippen molar-refractivity contribution in [2.75, 3.05) is 0 Å². The van der Waals surface area contributed by atoms with Gasteiger partial charge in [0.2, 0.25) is 0 Å². The first-order valence-corrected chi connectivity index (χ1v) is 6.50. The largest absolute Gasteiger partial charge is 0.392 e. The maximum atomic E-state index is 13.4. The van der Waals surface area contributed by atoms with Crippen LogP contribution in [0.15, 0.2) is 47.2 Å². The Morgan fingerprint density at radius 1 is 1.26 bits per heavy atom. The maximum absolute atomic E-state index is 13.4. The molecule has 1 aromatic carbocycles. The third-order valence-electron chi connectivity index (χ3n) is 2.99. The fourth-order valence-corrected chi connectivity index (χ4v) is 2.42. The molecule has 1 N–H and O–H groups in total. The number of aliphatic hydroxyl groups is 1. The zero-order valence-corrected chi connectivity index (χ0v) is 11.4. The molecule has 0 fully saturated rings. The number of pyridine rings is 1. The molecule has 3 nitrogen and oxygen atoms in total. The molecular weight excluding hydrogens is 311 g/mol. The van der Waals surface area contributed by atoms with Gasteiger partial charge in [-0.2, -0.15) is 0 Å². The van der Waals surface area contributed by atoms with Gasteiger partial charge in [0.25, 0.3) is 0 Å². The molecule has 2 heterocycles. The predicted octanol–water partition coefficient (Wildman–Crippen LogP) is 3.40. The zero-order chi connectivity index (χ0) is 13.4. The number of hydrogen-bond donors (Lipinski definition) is 1. The van der Waals surface area contributed by atoms with Crippen molar-refractivity contribution in [1.29, 1.82) is 0 Å². The van der Waals surface area contributed by atoms with Crippen molar-refractivity contribution < 1.29 is 9.50 Å². The van der Waals surface area contributed by atoms with E-state index in [9.17, 15) is 9.50 Å². The van der Waals surface area contributed by atoms with Gasteiger partial charge in [0.1, 0.15) is 11.5 Å². The summed E-state index contributed by atoms with van der Waals surface area (Å²) >= 11 is 3.40. The number of halogens is 2. The van der Waals surface area contributed by atoms with Crippen molar-refractivity contribution in [3.05, 3.63) is 58.6 Å². The van der Waals surface area contributed by atoms with Gasteiger partial charge in [0.15, 0.2) is 0 Å². The Labute approximate surface area is 117 Å². The van der Waals surface area contributed by atoms with Crippen LogP contribution in [0.2, 0.25) is 0 Å². The summed E-state index contributed by atoms with van der Waals surface area (Å²) in [5.74, 6) is -0.336. The molecule has 0 saturated carbocycles. The highest BCUT2D eigenvalue weighted by Crippen LogP contribution is 2.26. The lowest BCUT2D eigenvalue weighted by Gasteiger charge is -2.07.